The number of aryl methyl sites for hydroxylation is 1. The fourth-order valence-electron chi connectivity index (χ4n) is 3.10. The van der Waals surface area contributed by atoms with Crippen molar-refractivity contribution in [1.82, 2.24) is 25.2 Å². The molecule has 25 heavy (non-hydrogen) atoms. The van der Waals surface area contributed by atoms with Gasteiger partial charge in [-0.05, 0) is 31.9 Å². The first-order valence-corrected chi connectivity index (χ1v) is 8.61. The van der Waals surface area contributed by atoms with E-state index < -0.39 is 11.2 Å². The molecule has 1 amide bonds. The summed E-state index contributed by atoms with van der Waals surface area (Å²) in [6.07, 6.45) is 0.849. The second kappa shape index (κ2) is 6.79. The van der Waals surface area contributed by atoms with E-state index >= 15 is 0 Å². The number of aromatic amines is 1. The number of hydrogen-bond acceptors (Lipinski definition) is 5. The third-order valence-electron chi connectivity index (χ3n) is 4.52. The fourth-order valence-corrected chi connectivity index (χ4v) is 3.10. The molecule has 0 aliphatic carbocycles. The maximum Gasteiger partial charge on any atom is 0.329 e. The summed E-state index contributed by atoms with van der Waals surface area (Å²) in [4.78, 5) is 44.1. The molecular weight excluding hydrogens is 322 g/mol. The Kier molecular flexibility index (Phi) is 4.71. The van der Waals surface area contributed by atoms with Crippen LogP contribution in [0.15, 0.2) is 15.7 Å². The van der Waals surface area contributed by atoms with Gasteiger partial charge in [-0.2, -0.15) is 0 Å². The number of pyridine rings is 1. The summed E-state index contributed by atoms with van der Waals surface area (Å²) >= 11 is 0. The molecule has 3 N–H and O–H groups in total. The number of carbonyl (C=O) groups is 1. The van der Waals surface area contributed by atoms with Gasteiger partial charge in [-0.25, -0.2) is 9.78 Å². The lowest BCUT2D eigenvalue weighted by Crippen LogP contribution is -2.38. The van der Waals surface area contributed by atoms with Crippen LogP contribution in [0.2, 0.25) is 0 Å². The van der Waals surface area contributed by atoms with E-state index in [0.29, 0.717) is 18.8 Å². The second-order valence-corrected chi connectivity index (χ2v) is 6.61. The fraction of sp³-hybridized carbons (Fsp3) is 0.529. The monoisotopic (exact) mass is 345 g/mol. The maximum atomic E-state index is 12.8. The van der Waals surface area contributed by atoms with Crippen LogP contribution in [0.25, 0.3) is 11.0 Å². The van der Waals surface area contributed by atoms with Crippen LogP contribution >= 0.6 is 0 Å². The summed E-state index contributed by atoms with van der Waals surface area (Å²) in [5, 5.41) is 6.32. The molecule has 1 aliphatic rings. The van der Waals surface area contributed by atoms with Crippen molar-refractivity contribution in [1.29, 1.82) is 0 Å². The summed E-state index contributed by atoms with van der Waals surface area (Å²) in [6.45, 7) is 7.63. The Balaban J connectivity index is 2.23. The van der Waals surface area contributed by atoms with E-state index in [9.17, 15) is 14.4 Å². The van der Waals surface area contributed by atoms with Crippen molar-refractivity contribution in [3.8, 4) is 0 Å². The standard InChI is InChI=1S/C17H23N5O3/c1-4-22-14-13(16(24)21-17(22)25)11(7-12(20-14)9(2)3)15(23)19-10-5-6-18-8-10/h7,9-10,18H,4-6,8H2,1-3H3,(H,19,23)(H,21,24,25). The quantitative estimate of drug-likeness (QED) is 0.739. The topological polar surface area (TPSA) is 109 Å². The third kappa shape index (κ3) is 3.21. The zero-order valence-corrected chi connectivity index (χ0v) is 14.7. The summed E-state index contributed by atoms with van der Waals surface area (Å²) in [5.74, 6) is -0.251. The number of hydrogen-bond donors (Lipinski definition) is 3. The smallest absolute Gasteiger partial charge is 0.329 e. The largest absolute Gasteiger partial charge is 0.348 e. The molecule has 3 heterocycles. The molecule has 2 aromatic rings. The van der Waals surface area contributed by atoms with Crippen LogP contribution in [0.5, 0.6) is 0 Å². The van der Waals surface area contributed by atoms with Gasteiger partial charge >= 0.3 is 5.69 Å². The first-order chi connectivity index (χ1) is 11.9. The molecule has 0 saturated carbocycles. The number of amides is 1. The Hall–Kier alpha value is -2.48. The summed E-state index contributed by atoms with van der Waals surface area (Å²) in [7, 11) is 0. The Labute approximate surface area is 144 Å². The predicted octanol–water partition coefficient (Wildman–Crippen LogP) is 0.320. The Morgan fingerprint density at radius 2 is 2.20 bits per heavy atom. The van der Waals surface area contributed by atoms with Gasteiger partial charge in [-0.15, -0.1) is 0 Å². The van der Waals surface area contributed by atoms with Crippen LogP contribution in [0.4, 0.5) is 0 Å². The minimum Gasteiger partial charge on any atom is -0.348 e. The highest BCUT2D eigenvalue weighted by Crippen LogP contribution is 2.20. The number of nitrogens with one attached hydrogen (secondary N) is 3. The van der Waals surface area contributed by atoms with Gasteiger partial charge in [-0.3, -0.25) is 19.1 Å². The summed E-state index contributed by atoms with van der Waals surface area (Å²) in [6, 6.07) is 1.69. The maximum absolute atomic E-state index is 12.8. The Morgan fingerprint density at radius 3 is 2.80 bits per heavy atom. The van der Waals surface area contributed by atoms with E-state index in [1.165, 1.54) is 4.57 Å². The van der Waals surface area contributed by atoms with Gasteiger partial charge in [-0.1, -0.05) is 13.8 Å². The molecule has 0 spiro atoms. The summed E-state index contributed by atoms with van der Waals surface area (Å²) in [5.41, 5.74) is 0.109. The first-order valence-electron chi connectivity index (χ1n) is 8.61. The van der Waals surface area contributed by atoms with Crippen molar-refractivity contribution in [3.63, 3.8) is 0 Å². The minimum atomic E-state index is -0.581. The van der Waals surface area contributed by atoms with Gasteiger partial charge in [0.05, 0.1) is 10.9 Å². The van der Waals surface area contributed by atoms with Crippen molar-refractivity contribution in [3.05, 3.63) is 38.2 Å². The van der Waals surface area contributed by atoms with Gasteiger partial charge in [0, 0.05) is 24.8 Å². The van der Waals surface area contributed by atoms with E-state index in [4.69, 9.17) is 0 Å². The molecule has 8 nitrogen and oxygen atoms in total. The molecule has 134 valence electrons. The molecule has 2 aromatic heterocycles. The van der Waals surface area contributed by atoms with E-state index in [1.54, 1.807) is 13.0 Å². The molecule has 1 unspecified atom stereocenters. The van der Waals surface area contributed by atoms with Crippen LogP contribution in [0.1, 0.15) is 49.2 Å². The van der Waals surface area contributed by atoms with Gasteiger partial charge < -0.3 is 10.6 Å². The molecule has 0 radical (unpaired) electrons. The SMILES string of the molecule is CCn1c(=O)[nH]c(=O)c2c(C(=O)NC3CCNC3)cc(C(C)C)nc21. The Morgan fingerprint density at radius 1 is 1.44 bits per heavy atom. The van der Waals surface area contributed by atoms with Gasteiger partial charge in [0.25, 0.3) is 11.5 Å². The van der Waals surface area contributed by atoms with Crippen molar-refractivity contribution in [2.45, 2.75) is 45.7 Å². The molecule has 3 rings (SSSR count). The number of nitrogens with zero attached hydrogens (tertiary/aromatic N) is 2. The average molecular weight is 345 g/mol. The van der Waals surface area contributed by atoms with Crippen LogP contribution in [-0.2, 0) is 6.54 Å². The zero-order chi connectivity index (χ0) is 18.1. The highest BCUT2D eigenvalue weighted by atomic mass is 16.2. The second-order valence-electron chi connectivity index (χ2n) is 6.61. The molecule has 0 aromatic carbocycles. The lowest BCUT2D eigenvalue weighted by molar-refractivity contribution is 0.0941. The zero-order valence-electron chi connectivity index (χ0n) is 14.7. The van der Waals surface area contributed by atoms with Crippen LogP contribution < -0.4 is 21.9 Å². The first kappa shape index (κ1) is 17.3. The highest BCUT2D eigenvalue weighted by molar-refractivity contribution is 6.05. The van der Waals surface area contributed by atoms with E-state index in [1.807, 2.05) is 13.8 Å². The van der Waals surface area contributed by atoms with E-state index in [0.717, 1.165) is 13.0 Å². The van der Waals surface area contributed by atoms with E-state index in [2.05, 4.69) is 20.6 Å². The number of H-pyrrole nitrogens is 1. The highest BCUT2D eigenvalue weighted by Gasteiger charge is 2.23. The Bertz CT molecular complexity index is 922. The molecule has 1 saturated heterocycles. The number of fused-ring (bicyclic) bond motifs is 1. The van der Waals surface area contributed by atoms with E-state index in [-0.39, 0.29) is 34.5 Å². The van der Waals surface area contributed by atoms with Gasteiger partial charge in [0.2, 0.25) is 0 Å². The molecular formula is C17H23N5O3. The van der Waals surface area contributed by atoms with Crippen LogP contribution in [0.3, 0.4) is 0 Å². The molecule has 1 aliphatic heterocycles. The predicted molar refractivity (Wildman–Crippen MR) is 95.1 cm³/mol. The molecule has 1 fully saturated rings. The molecule has 8 heteroatoms. The van der Waals surface area contributed by atoms with Crippen LogP contribution in [0, 0.1) is 0 Å². The lowest BCUT2D eigenvalue weighted by atomic mass is 10.0. The molecule has 0 bridgehead atoms. The van der Waals surface area contributed by atoms with Crippen molar-refractivity contribution < 1.29 is 4.79 Å². The van der Waals surface area contributed by atoms with Crippen molar-refractivity contribution in [2.24, 2.45) is 0 Å². The van der Waals surface area contributed by atoms with Gasteiger partial charge in [0.15, 0.2) is 5.65 Å². The van der Waals surface area contributed by atoms with Crippen molar-refractivity contribution in [2.75, 3.05) is 13.1 Å². The third-order valence-corrected chi connectivity index (χ3v) is 4.52. The number of carbonyl (C=O) groups excluding carboxylic acids is 1. The number of rotatable bonds is 4. The summed E-state index contributed by atoms with van der Waals surface area (Å²) < 4.78 is 1.39. The average Bonchev–Trinajstić information content (AvgIpc) is 3.06. The number of aromatic nitrogens is 3. The van der Waals surface area contributed by atoms with Crippen LogP contribution in [-0.4, -0.2) is 39.6 Å². The minimum absolute atomic E-state index is 0.0365. The molecule has 1 atom stereocenters. The van der Waals surface area contributed by atoms with Crippen molar-refractivity contribution >= 4 is 16.9 Å². The normalized spacial score (nSPS) is 17.4. The lowest BCUT2D eigenvalue weighted by Gasteiger charge is -2.16. The van der Waals surface area contributed by atoms with Gasteiger partial charge in [0.1, 0.15) is 0 Å².